The average molecular weight is 325 g/mol. The second kappa shape index (κ2) is 7.38. The molecule has 0 N–H and O–H groups in total. The molecule has 5 nitrogen and oxygen atoms in total. The van der Waals surface area contributed by atoms with Crippen molar-refractivity contribution in [2.75, 3.05) is 13.2 Å². The van der Waals surface area contributed by atoms with Gasteiger partial charge in [0.1, 0.15) is 0 Å². The Kier molecular flexibility index (Phi) is 4.83. The van der Waals surface area contributed by atoms with E-state index in [0.29, 0.717) is 12.6 Å². The zero-order valence-electron chi connectivity index (χ0n) is 13.8. The Bertz CT molecular complexity index is 638. The number of rotatable bonds is 5. The molecule has 2 aromatic rings. The number of aromatic nitrogens is 2. The van der Waals surface area contributed by atoms with E-state index in [0.717, 1.165) is 43.8 Å². The maximum Gasteiger partial charge on any atom is 0.0992 e. The van der Waals surface area contributed by atoms with Crippen LogP contribution in [-0.2, 0) is 22.6 Å². The average Bonchev–Trinajstić information content (AvgIpc) is 3.06. The molecule has 24 heavy (non-hydrogen) atoms. The van der Waals surface area contributed by atoms with Gasteiger partial charge in [-0.25, -0.2) is 0 Å². The van der Waals surface area contributed by atoms with E-state index in [2.05, 4.69) is 27.0 Å². The third-order valence-corrected chi connectivity index (χ3v) is 4.96. The van der Waals surface area contributed by atoms with Gasteiger partial charge in [-0.1, -0.05) is 6.07 Å². The quantitative estimate of drug-likeness (QED) is 0.845. The van der Waals surface area contributed by atoms with Gasteiger partial charge < -0.3 is 9.47 Å². The molecular weight excluding hydrogens is 302 g/mol. The van der Waals surface area contributed by atoms with Gasteiger partial charge in [0.05, 0.1) is 31.1 Å². The van der Waals surface area contributed by atoms with Crippen molar-refractivity contribution in [3.8, 4) is 0 Å². The number of hydrogen-bond acceptors (Lipinski definition) is 5. The Morgan fingerprint density at radius 1 is 1.12 bits per heavy atom. The van der Waals surface area contributed by atoms with Crippen molar-refractivity contribution in [3.05, 3.63) is 60.2 Å². The third-order valence-electron chi connectivity index (χ3n) is 4.96. The summed E-state index contributed by atoms with van der Waals surface area (Å²) in [5.41, 5.74) is 2.29. The summed E-state index contributed by atoms with van der Waals surface area (Å²) in [7, 11) is 0. The second-order valence-electron chi connectivity index (χ2n) is 6.48. The van der Waals surface area contributed by atoms with E-state index in [-0.39, 0.29) is 12.2 Å². The zero-order chi connectivity index (χ0) is 16.2. The summed E-state index contributed by atoms with van der Waals surface area (Å²) >= 11 is 0. The van der Waals surface area contributed by atoms with E-state index < -0.39 is 0 Å². The monoisotopic (exact) mass is 325 g/mol. The predicted molar refractivity (Wildman–Crippen MR) is 90.2 cm³/mol. The van der Waals surface area contributed by atoms with Crippen molar-refractivity contribution in [1.82, 2.24) is 14.9 Å². The van der Waals surface area contributed by atoms with Gasteiger partial charge in [0.15, 0.2) is 0 Å². The molecule has 0 aromatic carbocycles. The predicted octanol–water partition coefficient (Wildman–Crippen LogP) is 2.43. The van der Waals surface area contributed by atoms with Crippen LogP contribution in [0.2, 0.25) is 0 Å². The zero-order valence-corrected chi connectivity index (χ0v) is 13.8. The SMILES string of the molecule is c1ccc(CN2CCO[C@H]3[C@H]2CC[C@H]3OCc2ccncc2)nc1. The molecule has 2 aromatic heterocycles. The van der Waals surface area contributed by atoms with E-state index in [1.165, 1.54) is 0 Å². The van der Waals surface area contributed by atoms with Crippen LogP contribution in [0.1, 0.15) is 24.1 Å². The Morgan fingerprint density at radius 3 is 2.88 bits per heavy atom. The minimum absolute atomic E-state index is 0.171. The lowest BCUT2D eigenvalue weighted by atomic mass is 10.1. The molecule has 1 aliphatic carbocycles. The van der Waals surface area contributed by atoms with E-state index in [1.54, 1.807) is 0 Å². The largest absolute Gasteiger partial charge is 0.373 e. The Morgan fingerprint density at radius 2 is 2.04 bits per heavy atom. The van der Waals surface area contributed by atoms with Crippen LogP contribution >= 0.6 is 0 Å². The summed E-state index contributed by atoms with van der Waals surface area (Å²) in [4.78, 5) is 11.0. The van der Waals surface area contributed by atoms with E-state index >= 15 is 0 Å². The fourth-order valence-corrected chi connectivity index (χ4v) is 3.75. The summed E-state index contributed by atoms with van der Waals surface area (Å²) in [6, 6.07) is 10.5. The van der Waals surface area contributed by atoms with Gasteiger partial charge in [-0.3, -0.25) is 14.9 Å². The van der Waals surface area contributed by atoms with Gasteiger partial charge in [0.25, 0.3) is 0 Å². The molecule has 126 valence electrons. The lowest BCUT2D eigenvalue weighted by Crippen LogP contribution is -2.51. The van der Waals surface area contributed by atoms with Gasteiger partial charge in [-0.15, -0.1) is 0 Å². The molecule has 2 aliphatic rings. The van der Waals surface area contributed by atoms with E-state index in [1.807, 2.05) is 36.8 Å². The number of pyridine rings is 2. The number of nitrogens with zero attached hydrogens (tertiary/aromatic N) is 3. The number of ether oxygens (including phenoxy) is 2. The van der Waals surface area contributed by atoms with Crippen LogP contribution in [0.15, 0.2) is 48.9 Å². The molecule has 0 bridgehead atoms. The highest BCUT2D eigenvalue weighted by Crippen LogP contribution is 2.33. The fraction of sp³-hybridized carbons (Fsp3) is 0.474. The van der Waals surface area contributed by atoms with Gasteiger partial charge in [0.2, 0.25) is 0 Å². The van der Waals surface area contributed by atoms with Crippen LogP contribution in [0.3, 0.4) is 0 Å². The highest BCUT2D eigenvalue weighted by molar-refractivity contribution is 5.09. The molecule has 2 fully saturated rings. The number of morpholine rings is 1. The molecule has 0 radical (unpaired) electrons. The van der Waals surface area contributed by atoms with Crippen LogP contribution in [0.4, 0.5) is 0 Å². The molecule has 5 heteroatoms. The fourth-order valence-electron chi connectivity index (χ4n) is 3.75. The Hall–Kier alpha value is -1.82. The van der Waals surface area contributed by atoms with Crippen LogP contribution in [0, 0.1) is 0 Å². The van der Waals surface area contributed by atoms with Crippen molar-refractivity contribution in [2.24, 2.45) is 0 Å². The van der Waals surface area contributed by atoms with Crippen LogP contribution in [-0.4, -0.2) is 46.3 Å². The van der Waals surface area contributed by atoms with Crippen molar-refractivity contribution >= 4 is 0 Å². The van der Waals surface area contributed by atoms with Crippen molar-refractivity contribution in [2.45, 2.75) is 44.2 Å². The number of hydrogen-bond donors (Lipinski definition) is 0. The maximum absolute atomic E-state index is 6.16. The van der Waals surface area contributed by atoms with Gasteiger partial charge >= 0.3 is 0 Å². The van der Waals surface area contributed by atoms with E-state index in [9.17, 15) is 0 Å². The lowest BCUT2D eigenvalue weighted by Gasteiger charge is -2.38. The van der Waals surface area contributed by atoms with Gasteiger partial charge in [-0.05, 0) is 42.7 Å². The highest BCUT2D eigenvalue weighted by atomic mass is 16.5. The standard InChI is InChI=1S/C19H23N3O2/c1-2-8-21-16(3-1)13-22-11-12-23-19-17(22)4-5-18(19)24-14-15-6-9-20-10-7-15/h1-3,6-10,17-19H,4-5,11-14H2/t17-,18-,19+/m1/s1. The van der Waals surface area contributed by atoms with Crippen LogP contribution in [0.5, 0.6) is 0 Å². The molecule has 0 amide bonds. The van der Waals surface area contributed by atoms with E-state index in [4.69, 9.17) is 9.47 Å². The number of fused-ring (bicyclic) bond motifs is 1. The smallest absolute Gasteiger partial charge is 0.0992 e. The first-order valence-electron chi connectivity index (χ1n) is 8.66. The Labute approximate surface area is 142 Å². The molecule has 1 aliphatic heterocycles. The van der Waals surface area contributed by atoms with Crippen LogP contribution < -0.4 is 0 Å². The summed E-state index contributed by atoms with van der Waals surface area (Å²) in [6.07, 6.45) is 8.00. The Balaban J connectivity index is 1.37. The van der Waals surface area contributed by atoms with Gasteiger partial charge in [0, 0.05) is 37.7 Å². The van der Waals surface area contributed by atoms with Crippen molar-refractivity contribution in [3.63, 3.8) is 0 Å². The molecule has 3 heterocycles. The first kappa shape index (κ1) is 15.7. The second-order valence-corrected chi connectivity index (χ2v) is 6.48. The lowest BCUT2D eigenvalue weighted by molar-refractivity contribution is -0.118. The molecule has 0 unspecified atom stereocenters. The van der Waals surface area contributed by atoms with Gasteiger partial charge in [-0.2, -0.15) is 0 Å². The molecule has 1 saturated carbocycles. The van der Waals surface area contributed by atoms with Crippen molar-refractivity contribution in [1.29, 1.82) is 0 Å². The summed E-state index contributed by atoms with van der Waals surface area (Å²) in [6.45, 7) is 3.25. The minimum Gasteiger partial charge on any atom is -0.373 e. The summed E-state index contributed by atoms with van der Waals surface area (Å²) < 4.78 is 12.2. The molecule has 1 saturated heterocycles. The third kappa shape index (κ3) is 3.48. The topological polar surface area (TPSA) is 47.5 Å². The van der Waals surface area contributed by atoms with Crippen molar-refractivity contribution < 1.29 is 9.47 Å². The summed E-state index contributed by atoms with van der Waals surface area (Å²) in [5.74, 6) is 0. The minimum atomic E-state index is 0.171. The normalized spacial score (nSPS) is 27.1. The molecule has 3 atom stereocenters. The summed E-state index contributed by atoms with van der Waals surface area (Å²) in [5, 5.41) is 0. The molecule has 4 rings (SSSR count). The van der Waals surface area contributed by atoms with Crippen LogP contribution in [0.25, 0.3) is 0 Å². The highest BCUT2D eigenvalue weighted by Gasteiger charge is 2.43. The molecular formula is C19H23N3O2. The first-order chi connectivity index (χ1) is 11.9. The maximum atomic E-state index is 6.16. The first-order valence-corrected chi connectivity index (χ1v) is 8.66. The molecule has 0 spiro atoms.